The molecule has 0 radical (unpaired) electrons. The number of amides is 1. The molecule has 1 amide bonds. The van der Waals surface area contributed by atoms with Crippen LogP contribution in [-0.2, 0) is 22.3 Å². The Morgan fingerprint density at radius 1 is 0.871 bits per heavy atom. The summed E-state index contributed by atoms with van der Waals surface area (Å²) < 4.78 is 19.3. The first-order valence-corrected chi connectivity index (χ1v) is 24.3. The van der Waals surface area contributed by atoms with Crippen molar-refractivity contribution in [3.05, 3.63) is 184 Å². The van der Waals surface area contributed by atoms with Crippen molar-refractivity contribution < 1.29 is 18.7 Å². The number of aryl methyl sites for hydroxylation is 2. The zero-order chi connectivity index (χ0) is 43.5. The number of aromatic nitrogens is 1. The number of anilines is 2. The molecule has 0 saturated carbocycles. The SMILES string of the molecule is CSCC[C@H](Nc1cc(NC[C@@H]2C[C@H](SC(c3ccccc3)(c3ccccc3)c3ccccc3)CN2C(=O)OC(C)(C)C)ccc1CCc1ccc(F)cc1)C(=O)c1nccs1. The fourth-order valence-electron chi connectivity index (χ4n) is 8.06. The second-order valence-corrected chi connectivity index (χ2v) is 20.0. The standard InChI is InChI=1S/C51H55FN4O3S3/c1-50(2,3)59-49(58)56-35-44(62-51(38-14-8-5-9-15-38,39-16-10-6-11-17-39)40-18-12-7-13-19-40)33-43(56)34-54-42-27-24-37(23-20-36-21-25-41(52)26-22-36)46(32-42)55-45(28-30-60-4)47(57)48-53-29-31-61-48/h5-19,21-22,24-27,29,31-32,43-45,54-55H,20,23,28,30,33-35H2,1-4H3/t43-,44-,45-/m0/s1. The first kappa shape index (κ1) is 44.9. The highest BCUT2D eigenvalue weighted by atomic mass is 32.2. The van der Waals surface area contributed by atoms with Crippen LogP contribution in [0.1, 0.15) is 71.2 Å². The fourth-order valence-corrected chi connectivity index (χ4v) is 11.0. The maximum atomic E-state index is 14.1. The van der Waals surface area contributed by atoms with Crippen LogP contribution in [-0.4, -0.2) is 69.8 Å². The zero-order valence-electron chi connectivity index (χ0n) is 35.8. The van der Waals surface area contributed by atoms with Crippen LogP contribution in [0.25, 0.3) is 0 Å². The van der Waals surface area contributed by atoms with Gasteiger partial charge < -0.3 is 20.3 Å². The Labute approximate surface area is 378 Å². The first-order valence-electron chi connectivity index (χ1n) is 21.2. The average molecular weight is 887 g/mol. The van der Waals surface area contributed by atoms with Gasteiger partial charge in [0.25, 0.3) is 0 Å². The molecular weight excluding hydrogens is 832 g/mol. The van der Waals surface area contributed by atoms with Gasteiger partial charge in [-0.25, -0.2) is 14.2 Å². The van der Waals surface area contributed by atoms with Gasteiger partial charge in [-0.1, -0.05) is 109 Å². The highest BCUT2D eigenvalue weighted by molar-refractivity contribution is 8.01. The molecule has 3 atom stereocenters. The van der Waals surface area contributed by atoms with Gasteiger partial charge in [0.1, 0.15) is 11.4 Å². The van der Waals surface area contributed by atoms with Crippen LogP contribution >= 0.6 is 34.9 Å². The predicted molar refractivity (Wildman–Crippen MR) is 258 cm³/mol. The molecule has 62 heavy (non-hydrogen) atoms. The van der Waals surface area contributed by atoms with E-state index in [1.165, 1.54) is 40.2 Å². The molecule has 2 heterocycles. The number of ketones is 1. The Hall–Kier alpha value is -5.10. The van der Waals surface area contributed by atoms with E-state index >= 15 is 0 Å². The van der Waals surface area contributed by atoms with E-state index in [9.17, 15) is 14.0 Å². The minimum absolute atomic E-state index is 0.0306. The van der Waals surface area contributed by atoms with E-state index in [1.807, 2.05) is 61.2 Å². The lowest BCUT2D eigenvalue weighted by atomic mass is 9.84. The smallest absolute Gasteiger partial charge is 0.410 e. The number of carbonyl (C=O) groups is 2. The molecule has 5 aromatic carbocycles. The monoisotopic (exact) mass is 886 g/mol. The predicted octanol–water partition coefficient (Wildman–Crippen LogP) is 12.0. The maximum Gasteiger partial charge on any atom is 0.410 e. The van der Waals surface area contributed by atoms with Crippen molar-refractivity contribution in [2.24, 2.45) is 0 Å². The molecule has 1 aromatic heterocycles. The molecule has 0 spiro atoms. The number of nitrogens with zero attached hydrogens (tertiary/aromatic N) is 2. The number of halogens is 1. The van der Waals surface area contributed by atoms with E-state index in [1.54, 1.807) is 18.0 Å². The molecule has 1 saturated heterocycles. The summed E-state index contributed by atoms with van der Waals surface area (Å²) in [5.74, 6) is 0.514. The Morgan fingerprint density at radius 2 is 1.50 bits per heavy atom. The molecule has 0 aliphatic carbocycles. The van der Waals surface area contributed by atoms with Crippen molar-refractivity contribution >= 4 is 58.1 Å². The van der Waals surface area contributed by atoms with Crippen molar-refractivity contribution in [3.63, 3.8) is 0 Å². The van der Waals surface area contributed by atoms with Gasteiger partial charge >= 0.3 is 6.09 Å². The molecule has 11 heteroatoms. The number of hydrogen-bond acceptors (Lipinski definition) is 9. The number of rotatable bonds is 18. The fraction of sp³-hybridized carbons (Fsp3) is 0.314. The van der Waals surface area contributed by atoms with Crippen LogP contribution in [0.4, 0.5) is 20.6 Å². The number of nitrogens with one attached hydrogen (secondary N) is 2. The Balaban J connectivity index is 1.18. The van der Waals surface area contributed by atoms with E-state index in [4.69, 9.17) is 4.74 Å². The average Bonchev–Trinajstić information content (AvgIpc) is 3.98. The van der Waals surface area contributed by atoms with Gasteiger partial charge in [0.2, 0.25) is 5.78 Å². The van der Waals surface area contributed by atoms with E-state index < -0.39 is 16.4 Å². The molecular formula is C51H55FN4O3S3. The Morgan fingerprint density at radius 3 is 2.06 bits per heavy atom. The molecule has 0 bridgehead atoms. The summed E-state index contributed by atoms with van der Waals surface area (Å²) in [7, 11) is 0. The first-order chi connectivity index (χ1) is 30.0. The Kier molecular flexibility index (Phi) is 15.1. The number of carbonyl (C=O) groups excluding carboxylic acids is 2. The zero-order valence-corrected chi connectivity index (χ0v) is 38.2. The third-order valence-corrected chi connectivity index (χ3v) is 14.2. The van der Waals surface area contributed by atoms with E-state index in [0.717, 1.165) is 34.7 Å². The van der Waals surface area contributed by atoms with Gasteiger partial charge in [0, 0.05) is 41.3 Å². The Bertz CT molecular complexity index is 2250. The van der Waals surface area contributed by atoms with Crippen molar-refractivity contribution in [3.8, 4) is 0 Å². The normalized spacial score (nSPS) is 15.9. The summed E-state index contributed by atoms with van der Waals surface area (Å²) in [4.78, 5) is 34.1. The summed E-state index contributed by atoms with van der Waals surface area (Å²) in [6.07, 6.45) is 6.16. The van der Waals surface area contributed by atoms with E-state index in [0.29, 0.717) is 37.4 Å². The van der Waals surface area contributed by atoms with Crippen LogP contribution in [0, 0.1) is 5.82 Å². The molecule has 6 aromatic rings. The van der Waals surface area contributed by atoms with Crippen LogP contribution in [0.2, 0.25) is 0 Å². The van der Waals surface area contributed by atoms with Gasteiger partial charge in [-0.15, -0.1) is 23.1 Å². The third-order valence-electron chi connectivity index (χ3n) is 11.0. The van der Waals surface area contributed by atoms with Crippen LogP contribution in [0.5, 0.6) is 0 Å². The molecule has 322 valence electrons. The van der Waals surface area contributed by atoms with Crippen molar-refractivity contribution in [1.29, 1.82) is 0 Å². The van der Waals surface area contributed by atoms with Crippen molar-refractivity contribution in [1.82, 2.24) is 9.88 Å². The summed E-state index contributed by atoms with van der Waals surface area (Å²) in [6.45, 7) is 6.73. The topological polar surface area (TPSA) is 83.6 Å². The lowest BCUT2D eigenvalue weighted by Crippen LogP contribution is -2.42. The quantitative estimate of drug-likeness (QED) is 0.0652. The number of hydrogen-bond donors (Lipinski definition) is 2. The number of thioether (sulfide) groups is 2. The van der Waals surface area contributed by atoms with Crippen LogP contribution in [0.3, 0.4) is 0 Å². The molecule has 7 rings (SSSR count). The van der Waals surface area contributed by atoms with Gasteiger partial charge in [-0.05, 0) is 111 Å². The van der Waals surface area contributed by atoms with E-state index in [-0.39, 0.29) is 29.0 Å². The minimum atomic E-state index is -0.657. The molecule has 1 aliphatic heterocycles. The lowest BCUT2D eigenvalue weighted by molar-refractivity contribution is 0.0235. The second-order valence-electron chi connectivity index (χ2n) is 16.6. The van der Waals surface area contributed by atoms with E-state index in [2.05, 4.69) is 125 Å². The molecule has 2 N–H and O–H groups in total. The number of benzene rings is 5. The molecule has 0 unspecified atom stereocenters. The molecule has 7 nitrogen and oxygen atoms in total. The lowest BCUT2D eigenvalue weighted by Gasteiger charge is -2.37. The van der Waals surface area contributed by atoms with Crippen molar-refractivity contribution in [2.45, 2.75) is 74.1 Å². The molecule has 1 aliphatic rings. The number of likely N-dealkylation sites (tertiary alicyclic amines) is 1. The van der Waals surface area contributed by atoms with Gasteiger partial charge in [-0.2, -0.15) is 11.8 Å². The summed E-state index contributed by atoms with van der Waals surface area (Å²) in [5, 5.41) is 9.70. The van der Waals surface area contributed by atoms with Crippen LogP contribution < -0.4 is 10.6 Å². The van der Waals surface area contributed by atoms with Crippen LogP contribution in [0.15, 0.2) is 145 Å². The molecule has 1 fully saturated rings. The number of Topliss-reactive ketones (excluding diaryl/α,β-unsaturated/α-hetero) is 1. The van der Waals surface area contributed by atoms with Gasteiger partial charge in [-0.3, -0.25) is 4.79 Å². The highest BCUT2D eigenvalue weighted by Crippen LogP contribution is 2.52. The maximum absolute atomic E-state index is 14.1. The largest absolute Gasteiger partial charge is 0.444 e. The number of thiazole rings is 1. The van der Waals surface area contributed by atoms with Gasteiger partial charge in [0.05, 0.1) is 16.8 Å². The summed E-state index contributed by atoms with van der Waals surface area (Å²) in [6, 6.07) is 44.2. The van der Waals surface area contributed by atoms with Gasteiger partial charge in [0.15, 0.2) is 5.01 Å². The second kappa shape index (κ2) is 20.8. The number of ether oxygens (including phenoxy) is 1. The minimum Gasteiger partial charge on any atom is -0.444 e. The third kappa shape index (κ3) is 11.3. The highest BCUT2D eigenvalue weighted by Gasteiger charge is 2.45. The van der Waals surface area contributed by atoms with Crippen molar-refractivity contribution in [2.75, 3.05) is 35.7 Å². The summed E-state index contributed by atoms with van der Waals surface area (Å²) in [5.41, 5.74) is 6.68. The summed E-state index contributed by atoms with van der Waals surface area (Å²) >= 11 is 4.96.